The van der Waals surface area contributed by atoms with Crippen LogP contribution in [0.5, 0.6) is 0 Å². The Morgan fingerprint density at radius 3 is 2.58 bits per heavy atom. The van der Waals surface area contributed by atoms with E-state index < -0.39 is 0 Å². The third-order valence-corrected chi connectivity index (χ3v) is 4.23. The van der Waals surface area contributed by atoms with E-state index in [2.05, 4.69) is 25.6 Å². The van der Waals surface area contributed by atoms with Gasteiger partial charge in [0.15, 0.2) is 0 Å². The maximum atomic E-state index is 12.0. The van der Waals surface area contributed by atoms with Gasteiger partial charge in [-0.15, -0.1) is 0 Å². The van der Waals surface area contributed by atoms with E-state index in [-0.39, 0.29) is 5.91 Å². The highest BCUT2D eigenvalue weighted by atomic mass is 35.5. The van der Waals surface area contributed by atoms with E-state index in [1.807, 2.05) is 24.5 Å². The van der Waals surface area contributed by atoms with E-state index in [4.69, 9.17) is 11.6 Å². The summed E-state index contributed by atoms with van der Waals surface area (Å²) in [6.07, 6.45) is 3.24. The maximum Gasteiger partial charge on any atom is 0.251 e. The molecule has 0 fully saturated rings. The third-order valence-electron chi connectivity index (χ3n) is 3.97. The number of imidazole rings is 1. The van der Waals surface area contributed by atoms with Crippen LogP contribution in [0.4, 0.5) is 5.82 Å². The quantitative estimate of drug-likeness (QED) is 0.652. The highest BCUT2D eigenvalue weighted by Gasteiger charge is 2.07. The monoisotopic (exact) mass is 370 g/mol. The number of aromatic nitrogens is 4. The molecule has 0 radical (unpaired) electrons. The van der Waals surface area contributed by atoms with E-state index in [1.165, 1.54) is 6.33 Å². The molecule has 2 heterocycles. The number of rotatable bonds is 6. The minimum Gasteiger partial charge on any atom is -0.368 e. The van der Waals surface area contributed by atoms with Crippen molar-refractivity contribution in [2.24, 2.45) is 0 Å². The maximum absolute atomic E-state index is 12.0. The SMILES string of the molecule is Cc1ncn(-c2cc(NCCNC(=O)c3ccc(Cl)cc3)ncn2)c1C. The molecule has 0 saturated heterocycles. The average molecular weight is 371 g/mol. The highest BCUT2D eigenvalue weighted by Crippen LogP contribution is 2.13. The molecular weight excluding hydrogens is 352 g/mol. The van der Waals surface area contributed by atoms with Crippen LogP contribution in [-0.2, 0) is 0 Å². The topological polar surface area (TPSA) is 84.7 Å². The second kappa shape index (κ2) is 7.97. The minimum absolute atomic E-state index is 0.142. The zero-order valence-electron chi connectivity index (χ0n) is 14.5. The normalized spacial score (nSPS) is 10.6. The van der Waals surface area contributed by atoms with Crippen molar-refractivity contribution in [2.75, 3.05) is 18.4 Å². The number of halogens is 1. The van der Waals surface area contributed by atoms with E-state index in [1.54, 1.807) is 30.6 Å². The van der Waals surface area contributed by atoms with Gasteiger partial charge in [0.1, 0.15) is 24.3 Å². The summed E-state index contributed by atoms with van der Waals surface area (Å²) in [5.41, 5.74) is 2.57. The van der Waals surface area contributed by atoms with Crippen LogP contribution in [0, 0.1) is 13.8 Å². The Morgan fingerprint density at radius 2 is 1.88 bits per heavy atom. The van der Waals surface area contributed by atoms with Crippen LogP contribution in [0.25, 0.3) is 5.82 Å². The lowest BCUT2D eigenvalue weighted by Crippen LogP contribution is -2.28. The van der Waals surface area contributed by atoms with Crippen molar-refractivity contribution < 1.29 is 4.79 Å². The summed E-state index contributed by atoms with van der Waals surface area (Å²) in [6.45, 7) is 4.95. The van der Waals surface area contributed by atoms with Crippen LogP contribution in [0.1, 0.15) is 21.7 Å². The molecule has 134 valence electrons. The molecule has 3 rings (SSSR count). The summed E-state index contributed by atoms with van der Waals surface area (Å²) >= 11 is 5.82. The van der Waals surface area contributed by atoms with Crippen LogP contribution in [0.2, 0.25) is 5.02 Å². The zero-order chi connectivity index (χ0) is 18.5. The Morgan fingerprint density at radius 1 is 1.12 bits per heavy atom. The standard InChI is InChI=1S/C18H19ClN6O/c1-12-13(2)25(11-24-12)17-9-16(22-10-23-17)20-7-8-21-18(26)14-3-5-15(19)6-4-14/h3-6,9-11H,7-8H2,1-2H3,(H,21,26)(H,20,22,23). The van der Waals surface area contributed by atoms with Gasteiger partial charge in [-0.1, -0.05) is 11.6 Å². The predicted molar refractivity (Wildman–Crippen MR) is 101 cm³/mol. The van der Waals surface area contributed by atoms with Gasteiger partial charge in [-0.2, -0.15) is 0 Å². The summed E-state index contributed by atoms with van der Waals surface area (Å²) in [5.74, 6) is 1.28. The van der Waals surface area contributed by atoms with Gasteiger partial charge in [0.2, 0.25) is 0 Å². The van der Waals surface area contributed by atoms with Crippen LogP contribution >= 0.6 is 11.6 Å². The molecule has 2 N–H and O–H groups in total. The van der Waals surface area contributed by atoms with Crippen molar-refractivity contribution in [3.05, 3.63) is 65.0 Å². The summed E-state index contributed by atoms with van der Waals surface area (Å²) < 4.78 is 1.91. The predicted octanol–water partition coefficient (Wildman–Crippen LogP) is 2.77. The Labute approximate surface area is 156 Å². The fourth-order valence-electron chi connectivity index (χ4n) is 2.38. The third kappa shape index (κ3) is 4.18. The van der Waals surface area contributed by atoms with Gasteiger partial charge in [0.05, 0.1) is 5.69 Å². The van der Waals surface area contributed by atoms with Crippen molar-refractivity contribution in [2.45, 2.75) is 13.8 Å². The first kappa shape index (κ1) is 17.9. The molecule has 0 bridgehead atoms. The van der Waals surface area contributed by atoms with E-state index in [0.29, 0.717) is 29.5 Å². The second-order valence-electron chi connectivity index (χ2n) is 5.74. The first-order valence-electron chi connectivity index (χ1n) is 8.15. The lowest BCUT2D eigenvalue weighted by atomic mass is 10.2. The number of carbonyl (C=O) groups is 1. The molecule has 0 aliphatic rings. The number of carbonyl (C=O) groups excluding carboxylic acids is 1. The first-order valence-corrected chi connectivity index (χ1v) is 8.53. The number of hydrogen-bond acceptors (Lipinski definition) is 5. The first-order chi connectivity index (χ1) is 12.5. The molecule has 0 atom stereocenters. The lowest BCUT2D eigenvalue weighted by Gasteiger charge is -2.09. The van der Waals surface area contributed by atoms with Crippen molar-refractivity contribution in [3.8, 4) is 5.82 Å². The molecule has 0 aliphatic heterocycles. The van der Waals surface area contributed by atoms with Crippen LogP contribution in [0.3, 0.4) is 0 Å². The number of nitrogens with zero attached hydrogens (tertiary/aromatic N) is 4. The number of benzene rings is 1. The molecule has 3 aromatic rings. The summed E-state index contributed by atoms with van der Waals surface area (Å²) in [4.78, 5) is 24.8. The van der Waals surface area contributed by atoms with Gasteiger partial charge < -0.3 is 10.6 Å². The van der Waals surface area contributed by atoms with Gasteiger partial charge >= 0.3 is 0 Å². The van der Waals surface area contributed by atoms with Crippen molar-refractivity contribution in [3.63, 3.8) is 0 Å². The Hall–Kier alpha value is -2.93. The summed E-state index contributed by atoms with van der Waals surface area (Å²) in [5, 5.41) is 6.62. The second-order valence-corrected chi connectivity index (χ2v) is 6.17. The van der Waals surface area contributed by atoms with Gasteiger partial charge in [-0.3, -0.25) is 9.36 Å². The molecule has 8 heteroatoms. The number of hydrogen-bond donors (Lipinski definition) is 2. The van der Waals surface area contributed by atoms with E-state index in [9.17, 15) is 4.79 Å². The van der Waals surface area contributed by atoms with Gasteiger partial charge in [0, 0.05) is 35.4 Å². The van der Waals surface area contributed by atoms with Gasteiger partial charge in [-0.05, 0) is 38.1 Å². The molecular formula is C18H19ClN6O. The molecule has 0 aliphatic carbocycles. The molecule has 0 saturated carbocycles. The van der Waals surface area contributed by atoms with Crippen LogP contribution in [-0.4, -0.2) is 38.5 Å². The Bertz CT molecular complexity index is 906. The molecule has 0 unspecified atom stereocenters. The summed E-state index contributed by atoms with van der Waals surface area (Å²) in [7, 11) is 0. The molecule has 7 nitrogen and oxygen atoms in total. The van der Waals surface area contributed by atoms with Crippen molar-refractivity contribution in [1.82, 2.24) is 24.8 Å². The smallest absolute Gasteiger partial charge is 0.251 e. The summed E-state index contributed by atoms with van der Waals surface area (Å²) in [6, 6.07) is 8.61. The molecule has 1 amide bonds. The lowest BCUT2D eigenvalue weighted by molar-refractivity contribution is 0.0955. The Balaban J connectivity index is 1.54. The largest absolute Gasteiger partial charge is 0.368 e. The minimum atomic E-state index is -0.142. The van der Waals surface area contributed by atoms with E-state index >= 15 is 0 Å². The fourth-order valence-corrected chi connectivity index (χ4v) is 2.50. The number of anilines is 1. The molecule has 0 spiro atoms. The molecule has 26 heavy (non-hydrogen) atoms. The number of aryl methyl sites for hydroxylation is 1. The van der Waals surface area contributed by atoms with Gasteiger partial charge in [-0.25, -0.2) is 15.0 Å². The van der Waals surface area contributed by atoms with Crippen molar-refractivity contribution in [1.29, 1.82) is 0 Å². The average Bonchev–Trinajstić information content (AvgIpc) is 2.98. The van der Waals surface area contributed by atoms with Crippen LogP contribution < -0.4 is 10.6 Å². The Kier molecular flexibility index (Phi) is 5.48. The van der Waals surface area contributed by atoms with Crippen molar-refractivity contribution >= 4 is 23.3 Å². The fraction of sp³-hybridized carbons (Fsp3) is 0.222. The van der Waals surface area contributed by atoms with E-state index in [0.717, 1.165) is 17.2 Å². The number of nitrogens with one attached hydrogen (secondary N) is 2. The van der Waals surface area contributed by atoms with Gasteiger partial charge in [0.25, 0.3) is 5.91 Å². The zero-order valence-corrected chi connectivity index (χ0v) is 15.3. The molecule has 2 aromatic heterocycles. The molecule has 1 aromatic carbocycles. The number of amides is 1. The van der Waals surface area contributed by atoms with Crippen LogP contribution in [0.15, 0.2) is 43.0 Å². The highest BCUT2D eigenvalue weighted by molar-refractivity contribution is 6.30.